The fraction of sp³-hybridized carbons (Fsp3) is 0.107. The van der Waals surface area contributed by atoms with E-state index in [1.165, 1.54) is 0 Å². The Labute approximate surface area is 198 Å². The van der Waals surface area contributed by atoms with Crippen LogP contribution in [0.4, 0.5) is 0 Å². The number of amides is 1. The lowest BCUT2D eigenvalue weighted by molar-refractivity contribution is 0.0752. The average Bonchev–Trinajstić information content (AvgIpc) is 3.32. The smallest absolute Gasteiger partial charge is 0.254 e. The molecule has 1 amide bonds. The number of nitrogens with zero attached hydrogens (tertiary/aromatic N) is 4. The maximum Gasteiger partial charge on any atom is 0.254 e. The normalized spacial score (nSPS) is 11.8. The highest BCUT2D eigenvalue weighted by molar-refractivity contribution is 5.95. The highest BCUT2D eigenvalue weighted by Gasteiger charge is 2.25. The predicted octanol–water partition coefficient (Wildman–Crippen LogP) is 5.17. The molecule has 1 unspecified atom stereocenters. The van der Waals surface area contributed by atoms with E-state index in [0.717, 1.165) is 22.6 Å². The van der Waals surface area contributed by atoms with E-state index in [0.29, 0.717) is 17.9 Å². The van der Waals surface area contributed by atoms with E-state index in [1.807, 2.05) is 95.7 Å². The van der Waals surface area contributed by atoms with Crippen LogP contribution in [0.15, 0.2) is 110 Å². The van der Waals surface area contributed by atoms with Gasteiger partial charge in [-0.05, 0) is 48.0 Å². The first-order valence-corrected chi connectivity index (χ1v) is 11.1. The summed E-state index contributed by atoms with van der Waals surface area (Å²) in [7, 11) is 1.80. The SMILES string of the molecule is CN(C(=O)c1cccc(OCc2cn3ccccc3n2)c1)C(c1ccccc1)c1ccccn1. The summed E-state index contributed by atoms with van der Waals surface area (Å²) in [5, 5.41) is 0. The van der Waals surface area contributed by atoms with Gasteiger partial charge >= 0.3 is 0 Å². The first-order valence-electron chi connectivity index (χ1n) is 11.1. The van der Waals surface area contributed by atoms with Crippen LogP contribution < -0.4 is 4.74 Å². The van der Waals surface area contributed by atoms with Crippen LogP contribution in [-0.2, 0) is 6.61 Å². The number of rotatable bonds is 7. The van der Waals surface area contributed by atoms with Gasteiger partial charge in [0.15, 0.2) is 0 Å². The summed E-state index contributed by atoms with van der Waals surface area (Å²) in [6, 6.07) is 28.5. The van der Waals surface area contributed by atoms with Crippen molar-refractivity contribution >= 4 is 11.6 Å². The minimum atomic E-state index is -0.308. The van der Waals surface area contributed by atoms with Gasteiger partial charge in [-0.2, -0.15) is 0 Å². The third-order valence-corrected chi connectivity index (χ3v) is 5.67. The Kier molecular flexibility index (Phi) is 6.03. The van der Waals surface area contributed by atoms with Crippen molar-refractivity contribution in [1.82, 2.24) is 19.3 Å². The summed E-state index contributed by atoms with van der Waals surface area (Å²) in [6.45, 7) is 0.315. The van der Waals surface area contributed by atoms with Gasteiger partial charge in [0.1, 0.15) is 18.0 Å². The van der Waals surface area contributed by atoms with E-state index in [1.54, 1.807) is 30.3 Å². The molecule has 3 heterocycles. The topological polar surface area (TPSA) is 59.7 Å². The molecule has 5 aromatic rings. The van der Waals surface area contributed by atoms with Crippen molar-refractivity contribution < 1.29 is 9.53 Å². The standard InChI is InChI=1S/C28H24N4O2/c1-31(27(21-10-3-2-4-11-21)25-14-5-7-16-29-25)28(33)22-12-9-13-24(18-22)34-20-23-19-32-17-8-6-15-26(32)30-23/h2-19,27H,20H2,1H3. The summed E-state index contributed by atoms with van der Waals surface area (Å²) in [4.78, 5) is 24.3. The number of hydrogen-bond acceptors (Lipinski definition) is 4. The fourth-order valence-corrected chi connectivity index (χ4v) is 4.02. The van der Waals surface area contributed by atoms with Crippen molar-refractivity contribution in [2.45, 2.75) is 12.6 Å². The number of ether oxygens (including phenoxy) is 1. The molecule has 0 aliphatic heterocycles. The molecule has 168 valence electrons. The highest BCUT2D eigenvalue weighted by atomic mass is 16.5. The number of imidazole rings is 1. The lowest BCUT2D eigenvalue weighted by Crippen LogP contribution is -2.32. The van der Waals surface area contributed by atoms with Crippen molar-refractivity contribution in [3.8, 4) is 5.75 Å². The minimum Gasteiger partial charge on any atom is -0.487 e. The third kappa shape index (κ3) is 4.52. The molecule has 6 nitrogen and oxygen atoms in total. The Morgan fingerprint density at radius 1 is 0.971 bits per heavy atom. The Balaban J connectivity index is 1.36. The maximum atomic E-state index is 13.5. The summed E-state index contributed by atoms with van der Waals surface area (Å²) in [6.07, 6.45) is 5.64. The number of pyridine rings is 2. The summed E-state index contributed by atoms with van der Waals surface area (Å²) in [5.74, 6) is 0.503. The van der Waals surface area contributed by atoms with E-state index in [2.05, 4.69) is 9.97 Å². The first-order chi connectivity index (χ1) is 16.7. The fourth-order valence-electron chi connectivity index (χ4n) is 4.02. The zero-order chi connectivity index (χ0) is 23.3. The van der Waals surface area contributed by atoms with Gasteiger partial charge in [-0.25, -0.2) is 4.98 Å². The molecule has 0 aliphatic rings. The molecule has 0 radical (unpaired) electrons. The van der Waals surface area contributed by atoms with Crippen LogP contribution >= 0.6 is 0 Å². The number of carbonyl (C=O) groups excluding carboxylic acids is 1. The van der Waals surface area contributed by atoms with Gasteiger partial charge in [-0.15, -0.1) is 0 Å². The Bertz CT molecular complexity index is 1330. The van der Waals surface area contributed by atoms with Crippen molar-refractivity contribution in [2.24, 2.45) is 0 Å². The molecule has 3 aromatic heterocycles. The summed E-state index contributed by atoms with van der Waals surface area (Å²) < 4.78 is 7.92. The van der Waals surface area contributed by atoms with Crippen LogP contribution in [0.25, 0.3) is 5.65 Å². The van der Waals surface area contributed by atoms with Crippen LogP contribution in [0.1, 0.15) is 33.4 Å². The number of fused-ring (bicyclic) bond motifs is 1. The van der Waals surface area contributed by atoms with Gasteiger partial charge in [0.05, 0.1) is 17.4 Å². The monoisotopic (exact) mass is 448 g/mol. The third-order valence-electron chi connectivity index (χ3n) is 5.67. The average molecular weight is 449 g/mol. The highest BCUT2D eigenvalue weighted by Crippen LogP contribution is 2.28. The van der Waals surface area contributed by atoms with E-state index < -0.39 is 0 Å². The lowest BCUT2D eigenvalue weighted by atomic mass is 10.0. The van der Waals surface area contributed by atoms with Gasteiger partial charge in [0.2, 0.25) is 0 Å². The molecule has 0 N–H and O–H groups in total. The molecule has 5 rings (SSSR count). The van der Waals surface area contributed by atoms with Gasteiger partial charge < -0.3 is 14.0 Å². The van der Waals surface area contributed by atoms with E-state index in [4.69, 9.17) is 4.74 Å². The van der Waals surface area contributed by atoms with E-state index in [-0.39, 0.29) is 11.9 Å². The molecule has 6 heteroatoms. The van der Waals surface area contributed by atoms with Crippen molar-refractivity contribution in [2.75, 3.05) is 7.05 Å². The number of aromatic nitrogens is 3. The Hall–Kier alpha value is -4.45. The first kappa shape index (κ1) is 21.4. The minimum absolute atomic E-state index is 0.113. The van der Waals surface area contributed by atoms with Gasteiger partial charge in [0, 0.05) is 31.2 Å². The lowest BCUT2D eigenvalue weighted by Gasteiger charge is -2.28. The molecular formula is C28H24N4O2. The van der Waals surface area contributed by atoms with E-state index in [9.17, 15) is 4.79 Å². The number of hydrogen-bond donors (Lipinski definition) is 0. The number of carbonyl (C=O) groups is 1. The van der Waals surface area contributed by atoms with Gasteiger partial charge in [-0.3, -0.25) is 9.78 Å². The van der Waals surface area contributed by atoms with Gasteiger partial charge in [0.25, 0.3) is 5.91 Å². The molecule has 2 aromatic carbocycles. The van der Waals surface area contributed by atoms with Crippen LogP contribution in [0, 0.1) is 0 Å². The van der Waals surface area contributed by atoms with Crippen LogP contribution in [-0.4, -0.2) is 32.2 Å². The second kappa shape index (κ2) is 9.58. The van der Waals surface area contributed by atoms with Crippen LogP contribution in [0.2, 0.25) is 0 Å². The maximum absolute atomic E-state index is 13.5. The number of benzene rings is 2. The van der Waals surface area contributed by atoms with Crippen molar-refractivity contribution in [3.63, 3.8) is 0 Å². The molecule has 0 spiro atoms. The second-order valence-corrected chi connectivity index (χ2v) is 8.00. The quantitative estimate of drug-likeness (QED) is 0.345. The van der Waals surface area contributed by atoms with Crippen molar-refractivity contribution in [3.05, 3.63) is 132 Å². The molecule has 0 saturated heterocycles. The largest absolute Gasteiger partial charge is 0.487 e. The van der Waals surface area contributed by atoms with Crippen LogP contribution in [0.3, 0.4) is 0 Å². The van der Waals surface area contributed by atoms with Crippen molar-refractivity contribution in [1.29, 1.82) is 0 Å². The molecule has 0 saturated carbocycles. The Morgan fingerprint density at radius 3 is 2.59 bits per heavy atom. The predicted molar refractivity (Wildman–Crippen MR) is 131 cm³/mol. The van der Waals surface area contributed by atoms with E-state index >= 15 is 0 Å². The van der Waals surface area contributed by atoms with Crippen LogP contribution in [0.5, 0.6) is 5.75 Å². The Morgan fingerprint density at radius 2 is 1.79 bits per heavy atom. The molecule has 1 atom stereocenters. The summed E-state index contributed by atoms with van der Waals surface area (Å²) in [5.41, 5.74) is 4.04. The second-order valence-electron chi connectivity index (χ2n) is 8.00. The van der Waals surface area contributed by atoms with Gasteiger partial charge in [-0.1, -0.05) is 48.5 Å². The molecule has 0 bridgehead atoms. The molecule has 0 aliphatic carbocycles. The summed E-state index contributed by atoms with van der Waals surface area (Å²) >= 11 is 0. The molecule has 0 fully saturated rings. The molecular weight excluding hydrogens is 424 g/mol. The zero-order valence-electron chi connectivity index (χ0n) is 18.8. The molecule has 34 heavy (non-hydrogen) atoms. The zero-order valence-corrected chi connectivity index (χ0v) is 18.8.